The van der Waals surface area contributed by atoms with Crippen LogP contribution in [0.3, 0.4) is 0 Å². The fourth-order valence-corrected chi connectivity index (χ4v) is 2.98. The Hall–Kier alpha value is -4.00. The number of esters is 1. The number of carbonyl (C=O) groups excluding carboxylic acids is 1. The number of benzene rings is 3. The van der Waals surface area contributed by atoms with Gasteiger partial charge in [-0.2, -0.15) is 0 Å². The Balaban J connectivity index is 1.64. The molecular formula is C21H16N4O3. The number of H-pyrrole nitrogens is 1. The highest BCUT2D eigenvalue weighted by atomic mass is 16.5. The Bertz CT molecular complexity index is 1280. The number of hydrogen-bond acceptors (Lipinski definition) is 5. The number of nitrogens with zero attached hydrogens (tertiary/aromatic N) is 2. The topological polar surface area (TPSA) is 95.9 Å². The molecule has 0 amide bonds. The van der Waals surface area contributed by atoms with E-state index in [1.807, 2.05) is 18.2 Å². The van der Waals surface area contributed by atoms with Gasteiger partial charge in [0, 0.05) is 16.3 Å². The van der Waals surface area contributed by atoms with Gasteiger partial charge >= 0.3 is 5.97 Å². The highest BCUT2D eigenvalue weighted by Gasteiger charge is 2.10. The standard InChI is InChI=1S/C21H16N4O3/c1-28-21(27)16-7-3-5-9-18(16)24-25-23-13-10-11-15-19(12-13)22-17-8-4-2-6-14(17)20(15)26/h2-12H,1H3,(H,22,26)(H,23,24). The van der Waals surface area contributed by atoms with E-state index in [2.05, 4.69) is 20.7 Å². The van der Waals surface area contributed by atoms with E-state index >= 15 is 0 Å². The Morgan fingerprint density at radius 2 is 1.71 bits per heavy atom. The predicted molar refractivity (Wildman–Crippen MR) is 108 cm³/mol. The number of para-hydroxylation sites is 1. The van der Waals surface area contributed by atoms with Crippen molar-refractivity contribution < 1.29 is 9.53 Å². The van der Waals surface area contributed by atoms with Crippen LogP contribution in [-0.4, -0.2) is 18.1 Å². The molecule has 0 aliphatic rings. The molecule has 0 bridgehead atoms. The minimum atomic E-state index is -0.482. The van der Waals surface area contributed by atoms with Gasteiger partial charge in [0.1, 0.15) is 5.69 Å². The van der Waals surface area contributed by atoms with Gasteiger partial charge in [-0.3, -0.25) is 10.2 Å². The molecule has 1 aromatic heterocycles. The highest BCUT2D eigenvalue weighted by Crippen LogP contribution is 2.21. The van der Waals surface area contributed by atoms with Crippen LogP contribution in [0.5, 0.6) is 0 Å². The summed E-state index contributed by atoms with van der Waals surface area (Å²) in [4.78, 5) is 27.6. The quantitative estimate of drug-likeness (QED) is 0.237. The largest absolute Gasteiger partial charge is 0.465 e. The number of nitrogens with one attached hydrogen (secondary N) is 2. The van der Waals surface area contributed by atoms with E-state index in [0.29, 0.717) is 33.2 Å². The van der Waals surface area contributed by atoms with Gasteiger partial charge in [-0.15, -0.1) is 5.11 Å². The van der Waals surface area contributed by atoms with Gasteiger partial charge in [0.05, 0.1) is 23.9 Å². The molecule has 3 aromatic carbocycles. The molecule has 0 unspecified atom stereocenters. The maximum atomic E-state index is 12.6. The van der Waals surface area contributed by atoms with Crippen LogP contribution < -0.4 is 10.9 Å². The van der Waals surface area contributed by atoms with Crippen molar-refractivity contribution in [2.24, 2.45) is 10.3 Å². The summed E-state index contributed by atoms with van der Waals surface area (Å²) in [6.07, 6.45) is 0. The Labute approximate surface area is 159 Å². The fourth-order valence-electron chi connectivity index (χ4n) is 2.98. The number of aromatic amines is 1. The van der Waals surface area contributed by atoms with Gasteiger partial charge in [0.15, 0.2) is 5.43 Å². The van der Waals surface area contributed by atoms with Gasteiger partial charge in [-0.1, -0.05) is 29.5 Å². The number of aromatic nitrogens is 1. The number of anilines is 1. The highest BCUT2D eigenvalue weighted by molar-refractivity contribution is 5.95. The molecule has 138 valence electrons. The van der Waals surface area contributed by atoms with Gasteiger partial charge in [-0.25, -0.2) is 4.79 Å². The molecule has 0 fully saturated rings. The molecule has 28 heavy (non-hydrogen) atoms. The molecule has 0 aliphatic heterocycles. The van der Waals surface area contributed by atoms with Gasteiger partial charge in [0.25, 0.3) is 0 Å². The number of fused-ring (bicyclic) bond motifs is 2. The summed E-state index contributed by atoms with van der Waals surface area (Å²) >= 11 is 0. The first-order valence-corrected chi connectivity index (χ1v) is 8.56. The first kappa shape index (κ1) is 17.4. The summed E-state index contributed by atoms with van der Waals surface area (Å²) in [5.74, 6) is -0.482. The van der Waals surface area contributed by atoms with Crippen molar-refractivity contribution in [1.82, 2.24) is 4.98 Å². The van der Waals surface area contributed by atoms with Crippen molar-refractivity contribution >= 4 is 39.1 Å². The predicted octanol–water partition coefficient (Wildman–Crippen LogP) is 4.58. The molecule has 1 heterocycles. The number of ether oxygens (including phenoxy) is 1. The van der Waals surface area contributed by atoms with Crippen molar-refractivity contribution in [3.8, 4) is 0 Å². The summed E-state index contributed by atoms with van der Waals surface area (Å²) in [6.45, 7) is 0. The van der Waals surface area contributed by atoms with Crippen LogP contribution in [0.2, 0.25) is 0 Å². The van der Waals surface area contributed by atoms with E-state index in [1.165, 1.54) is 7.11 Å². The lowest BCUT2D eigenvalue weighted by molar-refractivity contribution is 0.0601. The molecule has 7 heteroatoms. The maximum absolute atomic E-state index is 12.6. The van der Waals surface area contributed by atoms with Crippen molar-refractivity contribution in [2.45, 2.75) is 0 Å². The van der Waals surface area contributed by atoms with Gasteiger partial charge < -0.3 is 9.72 Å². The summed E-state index contributed by atoms with van der Waals surface area (Å²) < 4.78 is 4.74. The van der Waals surface area contributed by atoms with Gasteiger partial charge in [-0.05, 0) is 42.5 Å². The van der Waals surface area contributed by atoms with Crippen molar-refractivity contribution in [1.29, 1.82) is 0 Å². The van der Waals surface area contributed by atoms with E-state index in [-0.39, 0.29) is 5.43 Å². The first-order chi connectivity index (χ1) is 13.7. The minimum absolute atomic E-state index is 0.0236. The van der Waals surface area contributed by atoms with Crippen LogP contribution in [0.4, 0.5) is 11.4 Å². The Kier molecular flexibility index (Phi) is 4.55. The van der Waals surface area contributed by atoms with Crippen LogP contribution >= 0.6 is 0 Å². The molecule has 0 spiro atoms. The summed E-state index contributed by atoms with van der Waals surface area (Å²) in [7, 11) is 1.31. The molecule has 4 rings (SSSR count). The zero-order valence-electron chi connectivity index (χ0n) is 15.0. The van der Waals surface area contributed by atoms with Crippen LogP contribution in [0.15, 0.2) is 81.9 Å². The number of carbonyl (C=O) groups is 1. The monoisotopic (exact) mass is 372 g/mol. The van der Waals surface area contributed by atoms with Gasteiger partial charge in [0.2, 0.25) is 0 Å². The average molecular weight is 372 g/mol. The average Bonchev–Trinajstić information content (AvgIpc) is 2.73. The molecule has 7 nitrogen and oxygen atoms in total. The Morgan fingerprint density at radius 1 is 0.964 bits per heavy atom. The maximum Gasteiger partial charge on any atom is 0.340 e. The molecular weight excluding hydrogens is 356 g/mol. The molecule has 0 saturated carbocycles. The SMILES string of the molecule is COC(=O)c1ccccc1N=NNc1ccc2c(=O)c3ccccc3[nH]c2c1. The molecule has 4 aromatic rings. The second kappa shape index (κ2) is 7.32. The lowest BCUT2D eigenvalue weighted by Crippen LogP contribution is -2.04. The lowest BCUT2D eigenvalue weighted by atomic mass is 10.1. The third-order valence-electron chi connectivity index (χ3n) is 4.35. The molecule has 0 atom stereocenters. The number of pyridine rings is 1. The third kappa shape index (κ3) is 3.21. The molecule has 0 aliphatic carbocycles. The second-order valence-corrected chi connectivity index (χ2v) is 6.08. The fraction of sp³-hybridized carbons (Fsp3) is 0.0476. The van der Waals surface area contributed by atoms with E-state index < -0.39 is 5.97 Å². The van der Waals surface area contributed by atoms with Crippen molar-refractivity contribution in [3.63, 3.8) is 0 Å². The van der Waals surface area contributed by atoms with Crippen molar-refractivity contribution in [3.05, 3.63) is 82.5 Å². The number of rotatable bonds is 4. The molecule has 0 radical (unpaired) electrons. The van der Waals surface area contributed by atoms with Crippen LogP contribution in [0.25, 0.3) is 21.8 Å². The third-order valence-corrected chi connectivity index (χ3v) is 4.35. The summed E-state index contributed by atoms with van der Waals surface area (Å²) in [5.41, 5.74) is 5.63. The summed E-state index contributed by atoms with van der Waals surface area (Å²) in [6, 6.07) is 19.4. The molecule has 0 saturated heterocycles. The Morgan fingerprint density at radius 3 is 2.57 bits per heavy atom. The van der Waals surface area contributed by atoms with E-state index in [0.717, 1.165) is 5.52 Å². The lowest BCUT2D eigenvalue weighted by Gasteiger charge is -2.05. The number of methoxy groups -OCH3 is 1. The van der Waals surface area contributed by atoms with E-state index in [1.54, 1.807) is 48.5 Å². The smallest absolute Gasteiger partial charge is 0.340 e. The van der Waals surface area contributed by atoms with E-state index in [9.17, 15) is 9.59 Å². The normalized spacial score (nSPS) is 11.2. The minimum Gasteiger partial charge on any atom is -0.465 e. The first-order valence-electron chi connectivity index (χ1n) is 8.56. The zero-order valence-corrected chi connectivity index (χ0v) is 15.0. The van der Waals surface area contributed by atoms with Crippen LogP contribution in [0.1, 0.15) is 10.4 Å². The number of hydrogen-bond donors (Lipinski definition) is 2. The van der Waals surface area contributed by atoms with Crippen LogP contribution in [0, 0.1) is 0 Å². The molecule has 2 N–H and O–H groups in total. The second-order valence-electron chi connectivity index (χ2n) is 6.08. The zero-order chi connectivity index (χ0) is 19.5. The van der Waals surface area contributed by atoms with Crippen molar-refractivity contribution in [2.75, 3.05) is 12.5 Å². The van der Waals surface area contributed by atoms with Crippen LogP contribution in [-0.2, 0) is 4.74 Å². The van der Waals surface area contributed by atoms with E-state index in [4.69, 9.17) is 4.74 Å². The summed E-state index contributed by atoms with van der Waals surface area (Å²) in [5, 5.41) is 9.26.